The first kappa shape index (κ1) is 13.6. The van der Waals surface area contributed by atoms with Gasteiger partial charge < -0.3 is 10.4 Å². The Morgan fingerprint density at radius 2 is 2.00 bits per heavy atom. The third kappa shape index (κ3) is 4.07. The second kappa shape index (κ2) is 6.90. The van der Waals surface area contributed by atoms with Gasteiger partial charge in [0.05, 0.1) is 0 Å². The van der Waals surface area contributed by atoms with Crippen molar-refractivity contribution in [3.8, 4) is 5.75 Å². The Bertz CT molecular complexity index is 482. The topological polar surface area (TPSA) is 45.2 Å². The molecular formula is C16H20N2O. The lowest BCUT2D eigenvalue weighted by atomic mass is 10.0. The van der Waals surface area contributed by atoms with E-state index in [0.29, 0.717) is 11.8 Å². The highest BCUT2D eigenvalue weighted by Crippen LogP contribution is 2.19. The van der Waals surface area contributed by atoms with Crippen LogP contribution in [0.15, 0.2) is 48.8 Å². The molecule has 1 atom stereocenters. The quantitative estimate of drug-likeness (QED) is 0.835. The molecule has 100 valence electrons. The predicted molar refractivity (Wildman–Crippen MR) is 77.1 cm³/mol. The first-order chi connectivity index (χ1) is 9.29. The van der Waals surface area contributed by atoms with Gasteiger partial charge in [0.2, 0.25) is 0 Å². The summed E-state index contributed by atoms with van der Waals surface area (Å²) < 4.78 is 0. The third-order valence-corrected chi connectivity index (χ3v) is 3.23. The molecule has 0 fully saturated rings. The van der Waals surface area contributed by atoms with E-state index in [1.165, 1.54) is 11.1 Å². The van der Waals surface area contributed by atoms with Crippen molar-refractivity contribution in [3.05, 3.63) is 59.9 Å². The highest BCUT2D eigenvalue weighted by atomic mass is 16.3. The summed E-state index contributed by atoms with van der Waals surface area (Å²) in [5.41, 5.74) is 2.46. The Balaban J connectivity index is 1.87. The minimum Gasteiger partial charge on any atom is -0.508 e. The molecule has 0 saturated heterocycles. The van der Waals surface area contributed by atoms with Crippen molar-refractivity contribution in [3.63, 3.8) is 0 Å². The van der Waals surface area contributed by atoms with E-state index >= 15 is 0 Å². The van der Waals surface area contributed by atoms with Crippen molar-refractivity contribution >= 4 is 0 Å². The fourth-order valence-electron chi connectivity index (χ4n) is 2.14. The summed E-state index contributed by atoms with van der Waals surface area (Å²) in [5.74, 6) is 0.314. The Morgan fingerprint density at radius 1 is 1.21 bits per heavy atom. The van der Waals surface area contributed by atoms with E-state index in [1.807, 2.05) is 24.4 Å². The van der Waals surface area contributed by atoms with Gasteiger partial charge in [-0.2, -0.15) is 0 Å². The molecule has 0 aliphatic rings. The van der Waals surface area contributed by atoms with Crippen LogP contribution in [-0.2, 0) is 6.42 Å². The predicted octanol–water partition coefficient (Wildman–Crippen LogP) is 3.07. The number of rotatable bonds is 6. The van der Waals surface area contributed by atoms with Crippen LogP contribution >= 0.6 is 0 Å². The van der Waals surface area contributed by atoms with E-state index < -0.39 is 0 Å². The van der Waals surface area contributed by atoms with Crippen LogP contribution in [0.2, 0.25) is 0 Å². The molecule has 3 nitrogen and oxygen atoms in total. The Labute approximate surface area is 114 Å². The summed E-state index contributed by atoms with van der Waals surface area (Å²) in [6, 6.07) is 11.8. The van der Waals surface area contributed by atoms with Crippen LogP contribution in [0, 0.1) is 0 Å². The van der Waals surface area contributed by atoms with Crippen LogP contribution in [0.1, 0.15) is 30.5 Å². The van der Waals surface area contributed by atoms with Crippen LogP contribution in [0.5, 0.6) is 5.75 Å². The third-order valence-electron chi connectivity index (χ3n) is 3.23. The van der Waals surface area contributed by atoms with Gasteiger partial charge in [0.25, 0.3) is 0 Å². The number of aromatic hydroxyl groups is 1. The van der Waals surface area contributed by atoms with E-state index in [1.54, 1.807) is 18.3 Å². The fourth-order valence-corrected chi connectivity index (χ4v) is 2.14. The Hall–Kier alpha value is -1.87. The molecule has 0 bridgehead atoms. The van der Waals surface area contributed by atoms with Crippen LogP contribution in [0.25, 0.3) is 0 Å². The van der Waals surface area contributed by atoms with Gasteiger partial charge in [-0.05, 0) is 48.7 Å². The van der Waals surface area contributed by atoms with Crippen molar-refractivity contribution in [2.24, 2.45) is 0 Å². The van der Waals surface area contributed by atoms with Crippen LogP contribution in [-0.4, -0.2) is 16.6 Å². The average Bonchev–Trinajstić information content (AvgIpc) is 2.46. The van der Waals surface area contributed by atoms with Gasteiger partial charge in [-0.1, -0.05) is 25.1 Å². The van der Waals surface area contributed by atoms with Crippen molar-refractivity contribution in [2.45, 2.75) is 25.8 Å². The summed E-state index contributed by atoms with van der Waals surface area (Å²) in [7, 11) is 0. The van der Waals surface area contributed by atoms with Crippen molar-refractivity contribution in [2.75, 3.05) is 6.54 Å². The Kier molecular flexibility index (Phi) is 4.93. The molecule has 0 spiro atoms. The number of phenols is 1. The highest BCUT2D eigenvalue weighted by molar-refractivity contribution is 5.28. The van der Waals surface area contributed by atoms with E-state index in [2.05, 4.69) is 23.3 Å². The standard InChI is InChI=1S/C16H20N2O/c1-2-16(14-5-7-15(19)8-6-14)18-11-9-13-4-3-10-17-12-13/h3-8,10,12,16,18-19H,2,9,11H2,1H3. The SMILES string of the molecule is CCC(NCCc1cccnc1)c1ccc(O)cc1. The molecule has 2 aromatic rings. The normalized spacial score (nSPS) is 12.3. The molecule has 0 aliphatic carbocycles. The van der Waals surface area contributed by atoms with Gasteiger partial charge in [-0.25, -0.2) is 0 Å². The first-order valence-corrected chi connectivity index (χ1v) is 6.71. The average molecular weight is 256 g/mol. The van der Waals surface area contributed by atoms with Gasteiger partial charge in [-0.15, -0.1) is 0 Å². The maximum absolute atomic E-state index is 9.31. The Morgan fingerprint density at radius 3 is 2.63 bits per heavy atom. The largest absolute Gasteiger partial charge is 0.508 e. The minimum atomic E-state index is 0.314. The van der Waals surface area contributed by atoms with Crippen molar-refractivity contribution in [1.29, 1.82) is 0 Å². The molecule has 1 aromatic carbocycles. The van der Waals surface area contributed by atoms with E-state index in [0.717, 1.165) is 19.4 Å². The molecule has 1 aromatic heterocycles. The smallest absolute Gasteiger partial charge is 0.115 e. The van der Waals surface area contributed by atoms with Gasteiger partial charge in [0, 0.05) is 18.4 Å². The molecule has 1 unspecified atom stereocenters. The van der Waals surface area contributed by atoms with E-state index in [-0.39, 0.29) is 0 Å². The van der Waals surface area contributed by atoms with Crippen molar-refractivity contribution < 1.29 is 5.11 Å². The number of aromatic nitrogens is 1. The number of hydrogen-bond acceptors (Lipinski definition) is 3. The number of hydrogen-bond donors (Lipinski definition) is 2. The van der Waals surface area contributed by atoms with Crippen LogP contribution in [0.4, 0.5) is 0 Å². The second-order valence-electron chi connectivity index (χ2n) is 4.62. The second-order valence-corrected chi connectivity index (χ2v) is 4.62. The van der Waals surface area contributed by atoms with E-state index in [9.17, 15) is 5.11 Å². The summed E-state index contributed by atoms with van der Waals surface area (Å²) in [6.07, 6.45) is 5.70. The van der Waals surface area contributed by atoms with Crippen molar-refractivity contribution in [1.82, 2.24) is 10.3 Å². The van der Waals surface area contributed by atoms with E-state index in [4.69, 9.17) is 0 Å². The number of benzene rings is 1. The molecule has 2 rings (SSSR count). The summed E-state index contributed by atoms with van der Waals surface area (Å²) >= 11 is 0. The zero-order valence-corrected chi connectivity index (χ0v) is 11.2. The monoisotopic (exact) mass is 256 g/mol. The molecule has 19 heavy (non-hydrogen) atoms. The molecule has 1 heterocycles. The van der Waals surface area contributed by atoms with Gasteiger partial charge >= 0.3 is 0 Å². The van der Waals surface area contributed by atoms with Gasteiger partial charge in [0.1, 0.15) is 5.75 Å². The summed E-state index contributed by atoms with van der Waals surface area (Å²) in [5, 5.41) is 12.9. The van der Waals surface area contributed by atoms with Crippen LogP contribution < -0.4 is 5.32 Å². The molecule has 0 radical (unpaired) electrons. The summed E-state index contributed by atoms with van der Waals surface area (Å²) in [4.78, 5) is 4.11. The lowest BCUT2D eigenvalue weighted by molar-refractivity contribution is 0.473. The molecular weight excluding hydrogens is 236 g/mol. The number of nitrogens with one attached hydrogen (secondary N) is 1. The lowest BCUT2D eigenvalue weighted by Crippen LogP contribution is -2.23. The molecule has 0 saturated carbocycles. The maximum Gasteiger partial charge on any atom is 0.115 e. The fraction of sp³-hybridized carbons (Fsp3) is 0.312. The molecule has 2 N–H and O–H groups in total. The van der Waals surface area contributed by atoms with Crippen LogP contribution in [0.3, 0.4) is 0 Å². The number of pyridine rings is 1. The number of nitrogens with zero attached hydrogens (tertiary/aromatic N) is 1. The zero-order valence-electron chi connectivity index (χ0n) is 11.2. The molecule has 0 aliphatic heterocycles. The lowest BCUT2D eigenvalue weighted by Gasteiger charge is -2.17. The minimum absolute atomic E-state index is 0.314. The molecule has 0 amide bonds. The zero-order chi connectivity index (χ0) is 13.5. The summed E-state index contributed by atoms with van der Waals surface area (Å²) in [6.45, 7) is 3.08. The maximum atomic E-state index is 9.31. The van der Waals surface area contributed by atoms with Gasteiger partial charge in [0.15, 0.2) is 0 Å². The van der Waals surface area contributed by atoms with Gasteiger partial charge in [-0.3, -0.25) is 4.98 Å². The molecule has 3 heteroatoms. The number of phenolic OH excluding ortho intramolecular Hbond substituents is 1. The first-order valence-electron chi connectivity index (χ1n) is 6.71. The highest BCUT2D eigenvalue weighted by Gasteiger charge is 2.08.